The highest BCUT2D eigenvalue weighted by Crippen LogP contribution is 2.61. The van der Waals surface area contributed by atoms with E-state index in [1.807, 2.05) is 12.1 Å². The number of Topliss-reactive ketones (excluding diaryl/α,β-unsaturated/α-hetero) is 1. The first-order chi connectivity index (χ1) is 12.6. The lowest BCUT2D eigenvalue weighted by atomic mass is 9.56. The fourth-order valence-corrected chi connectivity index (χ4v) is 5.33. The number of nitrogens with zero attached hydrogens (tertiary/aromatic N) is 1. The molecule has 2 heterocycles. The van der Waals surface area contributed by atoms with Crippen molar-refractivity contribution >= 4 is 11.9 Å². The van der Waals surface area contributed by atoms with Crippen LogP contribution in [0.1, 0.15) is 24.0 Å². The Balaban J connectivity index is 1.83. The van der Waals surface area contributed by atoms with Crippen LogP contribution in [0.25, 0.3) is 6.08 Å². The highest BCUT2D eigenvalue weighted by atomic mass is 16.7. The predicted octanol–water partition coefficient (Wildman–Crippen LogP) is 2.23. The largest absolute Gasteiger partial charge is 0.495 e. The Morgan fingerprint density at radius 3 is 2.65 bits per heavy atom. The number of methoxy groups -OCH3 is 2. The molecule has 0 unspecified atom stereocenters. The van der Waals surface area contributed by atoms with Crippen LogP contribution in [0.5, 0.6) is 11.5 Å². The molecule has 0 N–H and O–H groups in total. The summed E-state index contributed by atoms with van der Waals surface area (Å²) in [6.45, 7) is 1.09. The number of allylic oxidation sites excluding steroid dienone is 1. The van der Waals surface area contributed by atoms with Crippen LogP contribution in [-0.4, -0.2) is 50.8 Å². The molecule has 4 aliphatic rings. The van der Waals surface area contributed by atoms with E-state index in [1.165, 1.54) is 7.11 Å². The first-order valence-corrected chi connectivity index (χ1v) is 8.78. The second-order valence-electron chi connectivity index (χ2n) is 7.31. The molecular weight excluding hydrogens is 334 g/mol. The number of fused-ring (bicyclic) bond motifs is 2. The van der Waals surface area contributed by atoms with E-state index in [2.05, 4.69) is 24.1 Å². The molecule has 2 aliphatic heterocycles. The van der Waals surface area contributed by atoms with Crippen LogP contribution >= 0.6 is 0 Å². The van der Waals surface area contributed by atoms with Crippen molar-refractivity contribution in [3.63, 3.8) is 0 Å². The van der Waals surface area contributed by atoms with Gasteiger partial charge in [0.2, 0.25) is 18.3 Å². The zero-order chi connectivity index (χ0) is 18.1. The topological polar surface area (TPSA) is 57.2 Å². The Morgan fingerprint density at radius 1 is 1.15 bits per heavy atom. The van der Waals surface area contributed by atoms with Gasteiger partial charge in [0.1, 0.15) is 5.54 Å². The number of hydrogen-bond acceptors (Lipinski definition) is 6. The van der Waals surface area contributed by atoms with E-state index < -0.39 is 11.0 Å². The highest BCUT2D eigenvalue weighted by Gasteiger charge is 2.66. The number of hydrogen-bond donors (Lipinski definition) is 0. The van der Waals surface area contributed by atoms with Crippen LogP contribution in [0, 0.1) is 0 Å². The Morgan fingerprint density at radius 2 is 1.92 bits per heavy atom. The predicted molar refractivity (Wildman–Crippen MR) is 93.9 cm³/mol. The van der Waals surface area contributed by atoms with Gasteiger partial charge in [-0.3, -0.25) is 9.69 Å². The zero-order valence-electron chi connectivity index (χ0n) is 15.1. The summed E-state index contributed by atoms with van der Waals surface area (Å²) in [5, 5.41) is 0. The average Bonchev–Trinajstić information content (AvgIpc) is 3.21. The normalized spacial score (nSPS) is 31.6. The van der Waals surface area contributed by atoms with Crippen molar-refractivity contribution in [2.24, 2.45) is 0 Å². The Hall–Kier alpha value is -2.47. The van der Waals surface area contributed by atoms with E-state index in [4.69, 9.17) is 18.9 Å². The molecule has 136 valence electrons. The molecule has 0 aromatic heterocycles. The number of ether oxygens (including phenoxy) is 4. The molecule has 6 heteroatoms. The molecule has 1 fully saturated rings. The summed E-state index contributed by atoms with van der Waals surface area (Å²) in [6, 6.07) is 4.06. The minimum atomic E-state index is -0.540. The highest BCUT2D eigenvalue weighted by molar-refractivity contribution is 5.98. The van der Waals surface area contributed by atoms with E-state index in [9.17, 15) is 4.79 Å². The van der Waals surface area contributed by atoms with Gasteiger partial charge in [0.15, 0.2) is 17.3 Å². The van der Waals surface area contributed by atoms with Gasteiger partial charge in [-0.15, -0.1) is 0 Å². The molecule has 5 rings (SSSR count). The molecular formula is C20H21NO5. The fourth-order valence-electron chi connectivity index (χ4n) is 5.33. The van der Waals surface area contributed by atoms with Gasteiger partial charge in [0, 0.05) is 18.4 Å². The van der Waals surface area contributed by atoms with E-state index in [0.717, 1.165) is 35.6 Å². The first-order valence-electron chi connectivity index (χ1n) is 8.78. The maximum atomic E-state index is 13.0. The second kappa shape index (κ2) is 5.04. The second-order valence-corrected chi connectivity index (χ2v) is 7.31. The third-order valence-corrected chi connectivity index (χ3v) is 6.45. The summed E-state index contributed by atoms with van der Waals surface area (Å²) in [4.78, 5) is 15.2. The van der Waals surface area contributed by atoms with Crippen LogP contribution in [-0.2, 0) is 19.7 Å². The summed E-state index contributed by atoms with van der Waals surface area (Å²) in [6.07, 6.45) is 5.49. The molecule has 6 nitrogen and oxygen atoms in total. The Kier molecular flexibility index (Phi) is 3.05. The van der Waals surface area contributed by atoms with Crippen molar-refractivity contribution in [1.29, 1.82) is 0 Å². The minimum Gasteiger partial charge on any atom is -0.495 e. The third kappa shape index (κ3) is 1.59. The molecule has 0 bridgehead atoms. The van der Waals surface area contributed by atoms with Gasteiger partial charge in [-0.2, -0.15) is 0 Å². The number of likely N-dealkylation sites (tertiary alicyclic amines) is 1. The van der Waals surface area contributed by atoms with E-state index >= 15 is 0 Å². The lowest BCUT2D eigenvalue weighted by molar-refractivity contribution is -0.123. The SMILES string of the molecule is COC1=C(OC)[C@]23C=Cc4cc5c(cc4[C@]2(CCN3C)CC1=O)OCO5. The number of carbonyl (C=O) groups is 1. The zero-order valence-corrected chi connectivity index (χ0v) is 15.1. The van der Waals surface area contributed by atoms with Gasteiger partial charge >= 0.3 is 0 Å². The van der Waals surface area contributed by atoms with Gasteiger partial charge in [-0.05, 0) is 36.7 Å². The van der Waals surface area contributed by atoms with Crippen LogP contribution in [0.2, 0.25) is 0 Å². The molecule has 0 saturated carbocycles. The fraction of sp³-hybridized carbons (Fsp3) is 0.450. The van der Waals surface area contributed by atoms with Gasteiger partial charge in [-0.25, -0.2) is 0 Å². The van der Waals surface area contributed by atoms with E-state index in [1.54, 1.807) is 7.11 Å². The van der Waals surface area contributed by atoms with Crippen molar-refractivity contribution in [3.05, 3.63) is 40.9 Å². The summed E-state index contributed by atoms with van der Waals surface area (Å²) < 4.78 is 22.4. The van der Waals surface area contributed by atoms with E-state index in [-0.39, 0.29) is 12.6 Å². The molecule has 1 aromatic rings. The summed E-state index contributed by atoms with van der Waals surface area (Å²) in [5.74, 6) is 2.39. The van der Waals surface area contributed by atoms with Crippen LogP contribution in [0.15, 0.2) is 29.7 Å². The molecule has 1 saturated heterocycles. The number of benzene rings is 1. The van der Waals surface area contributed by atoms with Crippen molar-refractivity contribution in [1.82, 2.24) is 4.90 Å². The molecule has 0 radical (unpaired) electrons. The maximum absolute atomic E-state index is 13.0. The maximum Gasteiger partial charge on any atom is 0.231 e. The first kappa shape index (κ1) is 15.8. The van der Waals surface area contributed by atoms with Crippen molar-refractivity contribution in [2.45, 2.75) is 23.8 Å². The van der Waals surface area contributed by atoms with Gasteiger partial charge in [0.05, 0.1) is 14.2 Å². The average molecular weight is 355 g/mol. The molecule has 0 amide bonds. The van der Waals surface area contributed by atoms with E-state index in [0.29, 0.717) is 17.9 Å². The number of carbonyl (C=O) groups excluding carboxylic acids is 1. The monoisotopic (exact) mass is 355 g/mol. The van der Waals surface area contributed by atoms with Crippen molar-refractivity contribution in [3.8, 4) is 11.5 Å². The minimum absolute atomic E-state index is 0.0193. The molecule has 2 aliphatic carbocycles. The standard InChI is InChI=1S/C20H21NO5/c1-21-7-6-19-10-14(22)17(23-2)18(24-3)20(19,21)5-4-12-8-15-16(9-13(12)19)26-11-25-15/h4-5,8-9H,6-7,10-11H2,1-3H3/t19-,20+/m0/s1. The smallest absolute Gasteiger partial charge is 0.231 e. The Bertz CT molecular complexity index is 888. The molecule has 0 spiro atoms. The lowest BCUT2D eigenvalue weighted by Gasteiger charge is -2.52. The summed E-state index contributed by atoms with van der Waals surface area (Å²) >= 11 is 0. The van der Waals surface area contributed by atoms with Crippen LogP contribution in [0.4, 0.5) is 0 Å². The Labute approximate surface area is 152 Å². The molecule has 1 aromatic carbocycles. The molecule has 2 atom stereocenters. The summed E-state index contributed by atoms with van der Waals surface area (Å²) in [7, 11) is 5.22. The van der Waals surface area contributed by atoms with Crippen molar-refractivity contribution in [2.75, 3.05) is 34.6 Å². The number of ketones is 1. The van der Waals surface area contributed by atoms with Crippen LogP contribution in [0.3, 0.4) is 0 Å². The molecule has 26 heavy (non-hydrogen) atoms. The lowest BCUT2D eigenvalue weighted by Crippen LogP contribution is -2.60. The quantitative estimate of drug-likeness (QED) is 0.811. The van der Waals surface area contributed by atoms with Gasteiger partial charge in [0.25, 0.3) is 0 Å². The van der Waals surface area contributed by atoms with Crippen molar-refractivity contribution < 1.29 is 23.7 Å². The number of likely N-dealkylation sites (N-methyl/N-ethyl adjacent to an activating group) is 1. The third-order valence-electron chi connectivity index (χ3n) is 6.45. The van der Waals surface area contributed by atoms with Gasteiger partial charge in [-0.1, -0.05) is 12.2 Å². The number of rotatable bonds is 2. The van der Waals surface area contributed by atoms with Gasteiger partial charge < -0.3 is 18.9 Å². The van der Waals surface area contributed by atoms with Crippen LogP contribution < -0.4 is 9.47 Å². The summed E-state index contributed by atoms with van der Waals surface area (Å²) in [5.41, 5.74) is 1.25.